The van der Waals surface area contributed by atoms with Crippen LogP contribution in [0, 0.1) is 60.7 Å². The van der Waals surface area contributed by atoms with Gasteiger partial charge in [-0.3, -0.25) is 0 Å². The molecule has 6 amide bonds. The fourth-order valence-electron chi connectivity index (χ4n) is 2.56. The van der Waals surface area contributed by atoms with Crippen LogP contribution in [0.2, 0.25) is 0 Å². The number of hydrazine groups is 6. The number of rotatable bonds is 17. The Morgan fingerprint density at radius 1 is 0.396 bits per heavy atom. The second-order valence-electron chi connectivity index (χ2n) is 7.04. The topological polar surface area (TPSA) is 489 Å². The predicted octanol–water partition coefficient (Wildman–Crippen LogP) is -4.03. The number of carbonyl (C=O) groups is 6. The molecule has 0 saturated heterocycles. The fourth-order valence-corrected chi connectivity index (χ4v) is 2.56. The van der Waals surface area contributed by atoms with Crippen LogP contribution in [0.25, 0.3) is 0 Å². The Labute approximate surface area is 255 Å². The Morgan fingerprint density at radius 2 is 0.604 bits per heavy atom. The van der Waals surface area contributed by atoms with E-state index in [0.29, 0.717) is 0 Å². The first kappa shape index (κ1) is 40.0. The van der Waals surface area contributed by atoms with Crippen LogP contribution in [0.1, 0.15) is 0 Å². The van der Waals surface area contributed by atoms with Crippen molar-refractivity contribution in [2.45, 2.75) is 24.4 Å². The molecule has 0 heterocycles. The van der Waals surface area contributed by atoms with Crippen LogP contribution >= 0.6 is 0 Å². The Balaban J connectivity index is 7.33. The highest BCUT2D eigenvalue weighted by Crippen LogP contribution is 2.21. The summed E-state index contributed by atoms with van der Waals surface area (Å²) in [4.78, 5) is 135. The van der Waals surface area contributed by atoms with Crippen molar-refractivity contribution < 1.29 is 87.4 Å². The molecule has 6 N–H and O–H groups in total. The normalized spacial score (nSPS) is 12.2. The summed E-state index contributed by atoms with van der Waals surface area (Å²) in [6, 6.07) is 0. The van der Waals surface area contributed by atoms with E-state index in [0.717, 1.165) is 32.6 Å². The summed E-state index contributed by atoms with van der Waals surface area (Å²) in [6.07, 6.45) is -25.1. The molecule has 0 aromatic heterocycles. The lowest BCUT2D eigenvalue weighted by atomic mass is 10.0. The molecule has 48 heavy (non-hydrogen) atoms. The van der Waals surface area contributed by atoms with Gasteiger partial charge in [-0.2, -0.15) is 0 Å². The van der Waals surface area contributed by atoms with Gasteiger partial charge in [0.05, 0.1) is 0 Å². The number of carbonyl (C=O) groups excluding carboxylic acids is 6. The van der Waals surface area contributed by atoms with Crippen molar-refractivity contribution in [3.63, 3.8) is 0 Å². The number of nitro groups is 6. The molecular formula is C12H14N12O24. The summed E-state index contributed by atoms with van der Waals surface area (Å²) in [5, 5.41) is 54.1. The molecule has 0 aliphatic heterocycles. The van der Waals surface area contributed by atoms with E-state index in [2.05, 4.69) is 28.4 Å². The molecule has 4 atom stereocenters. The molecule has 0 unspecified atom stereocenters. The van der Waals surface area contributed by atoms with Crippen molar-refractivity contribution in [1.29, 1.82) is 0 Å². The standard InChI is InChI=1S/C12H14N12O24/c25-7(13-19(31)32)43-1-3(45-9(27)15-21(35)36)5(47-11(29)17-23(39)40)6(48-12(30)18-24(41)42)4(46-10(28)16-22(37)38)2-44-8(26)14-20(33)34/h3-6H,1-2H2,(H,13,25)(H,14,26)(H,15,27)(H,16,28)(H,17,29)(H,18,30)/t3-,4+,5-,6-/m1/s1. The van der Waals surface area contributed by atoms with Gasteiger partial charge in [0, 0.05) is 0 Å². The van der Waals surface area contributed by atoms with Crippen LogP contribution in [-0.4, -0.2) is 104 Å². The zero-order chi connectivity index (χ0) is 37.1. The summed E-state index contributed by atoms with van der Waals surface area (Å²) < 4.78 is 26.6. The summed E-state index contributed by atoms with van der Waals surface area (Å²) >= 11 is 0. The van der Waals surface area contributed by atoms with E-state index in [4.69, 9.17) is 0 Å². The van der Waals surface area contributed by atoms with Crippen molar-refractivity contribution in [2.24, 2.45) is 0 Å². The molecule has 0 radical (unpaired) electrons. The van der Waals surface area contributed by atoms with E-state index < -0.39 is 104 Å². The molecule has 0 aliphatic rings. The number of hydrogen-bond acceptors (Lipinski definition) is 24. The van der Waals surface area contributed by atoms with E-state index in [-0.39, 0.29) is 0 Å². The van der Waals surface area contributed by atoms with Gasteiger partial charge in [-0.1, -0.05) is 0 Å². The summed E-state index contributed by atoms with van der Waals surface area (Å²) in [5.74, 6) is 0. The smallest absolute Gasteiger partial charge is 0.442 e. The van der Waals surface area contributed by atoms with Crippen molar-refractivity contribution in [1.82, 2.24) is 32.6 Å². The van der Waals surface area contributed by atoms with Crippen molar-refractivity contribution in [3.8, 4) is 0 Å². The Kier molecular flexibility index (Phi) is 16.1. The van der Waals surface area contributed by atoms with E-state index in [9.17, 15) is 89.5 Å². The third kappa shape index (κ3) is 17.9. The van der Waals surface area contributed by atoms with Crippen molar-refractivity contribution >= 4 is 36.6 Å². The Morgan fingerprint density at radius 3 is 0.833 bits per heavy atom. The quantitative estimate of drug-likeness (QED) is 0.0475. The highest BCUT2D eigenvalue weighted by molar-refractivity contribution is 5.69. The van der Waals surface area contributed by atoms with Crippen molar-refractivity contribution in [3.05, 3.63) is 60.7 Å². The van der Waals surface area contributed by atoms with Gasteiger partial charge >= 0.3 is 36.6 Å². The number of ether oxygens (including phenoxy) is 6. The number of nitrogens with zero attached hydrogens (tertiary/aromatic N) is 6. The lowest BCUT2D eigenvalue weighted by Crippen LogP contribution is -2.57. The highest BCUT2D eigenvalue weighted by Gasteiger charge is 2.47. The monoisotopic (exact) mass is 710 g/mol. The average Bonchev–Trinajstić information content (AvgIpc) is 2.88. The van der Waals surface area contributed by atoms with Gasteiger partial charge in [0.15, 0.2) is 54.6 Å². The predicted molar refractivity (Wildman–Crippen MR) is 125 cm³/mol. The maximum absolute atomic E-state index is 12.2. The van der Waals surface area contributed by atoms with E-state index in [1.807, 2.05) is 0 Å². The van der Waals surface area contributed by atoms with Gasteiger partial charge in [0.1, 0.15) is 13.2 Å². The molecular weight excluding hydrogens is 696 g/mol. The molecule has 0 aromatic rings. The molecule has 36 heteroatoms. The maximum atomic E-state index is 12.2. The van der Waals surface area contributed by atoms with Gasteiger partial charge in [0.25, 0.3) is 0 Å². The number of hydrogen-bond donors (Lipinski definition) is 6. The number of amides is 6. The number of nitrogens with one attached hydrogen (secondary N) is 6. The third-order valence-electron chi connectivity index (χ3n) is 3.91. The molecule has 36 nitrogen and oxygen atoms in total. The van der Waals surface area contributed by atoms with E-state index in [1.54, 1.807) is 0 Å². The summed E-state index contributed by atoms with van der Waals surface area (Å²) in [7, 11) is 0. The minimum Gasteiger partial charge on any atom is -0.442 e. The van der Waals surface area contributed by atoms with E-state index >= 15 is 0 Å². The summed E-state index contributed by atoms with van der Waals surface area (Å²) in [5.41, 5.74) is 4.80. The largest absolute Gasteiger partial charge is 0.466 e. The lowest BCUT2D eigenvalue weighted by molar-refractivity contribution is -0.532. The molecule has 0 fully saturated rings. The van der Waals surface area contributed by atoms with Crippen molar-refractivity contribution in [2.75, 3.05) is 13.2 Å². The van der Waals surface area contributed by atoms with Gasteiger partial charge in [-0.25, -0.2) is 89.5 Å². The minimum atomic E-state index is -3.06. The average molecular weight is 710 g/mol. The molecule has 0 bridgehead atoms. The third-order valence-corrected chi connectivity index (χ3v) is 3.91. The molecule has 266 valence electrons. The molecule has 0 aliphatic carbocycles. The maximum Gasteiger partial charge on any atom is 0.466 e. The fraction of sp³-hybridized carbons (Fsp3) is 0.500. The molecule has 0 saturated carbocycles. The zero-order valence-corrected chi connectivity index (χ0v) is 22.2. The SMILES string of the molecule is O=C(N[N+](=O)[O-])OC[C@H](OC(=O)N[N+](=O)[O-])[C@@H](OC(=O)N[N+](=O)[O-])[C@H](OC(=O)N[N+](=O)[O-])[C@@H](COC(=O)N[N+](=O)[O-])OC(=O)N[N+](=O)[O-]. The van der Waals surface area contributed by atoms with Crippen LogP contribution in [0.4, 0.5) is 28.8 Å². The molecule has 0 aromatic carbocycles. The first-order chi connectivity index (χ1) is 22.2. The first-order valence-electron chi connectivity index (χ1n) is 10.8. The second kappa shape index (κ2) is 19.3. The zero-order valence-electron chi connectivity index (χ0n) is 22.2. The van der Waals surface area contributed by atoms with Gasteiger partial charge < -0.3 is 28.4 Å². The van der Waals surface area contributed by atoms with Gasteiger partial charge in [-0.05, 0) is 32.6 Å². The van der Waals surface area contributed by atoms with Crippen LogP contribution in [-0.2, 0) is 28.4 Å². The minimum absolute atomic E-state index is 0.766. The van der Waals surface area contributed by atoms with E-state index in [1.165, 1.54) is 0 Å². The van der Waals surface area contributed by atoms with Crippen LogP contribution < -0.4 is 32.6 Å². The first-order valence-corrected chi connectivity index (χ1v) is 10.8. The highest BCUT2D eigenvalue weighted by atomic mass is 16.7. The van der Waals surface area contributed by atoms with Gasteiger partial charge in [0.2, 0.25) is 0 Å². The van der Waals surface area contributed by atoms with Crippen LogP contribution in [0.3, 0.4) is 0 Å². The van der Waals surface area contributed by atoms with Crippen LogP contribution in [0.15, 0.2) is 0 Å². The second-order valence-corrected chi connectivity index (χ2v) is 7.04. The molecule has 0 spiro atoms. The summed E-state index contributed by atoms with van der Waals surface area (Å²) in [6.45, 7) is -3.51. The Bertz CT molecular complexity index is 1220. The molecule has 0 rings (SSSR count). The lowest BCUT2D eigenvalue weighted by Gasteiger charge is -2.34. The Hall–Kier alpha value is -7.98. The van der Waals surface area contributed by atoms with Crippen LogP contribution in [0.5, 0.6) is 0 Å². The van der Waals surface area contributed by atoms with Gasteiger partial charge in [-0.15, -0.1) is 0 Å².